The Morgan fingerprint density at radius 3 is 2.95 bits per heavy atom. The van der Waals surface area contributed by atoms with E-state index in [4.69, 9.17) is 4.74 Å². The van der Waals surface area contributed by atoms with Crippen molar-refractivity contribution in [1.82, 2.24) is 9.78 Å². The summed E-state index contributed by atoms with van der Waals surface area (Å²) in [6, 6.07) is 0. The molecule has 0 saturated carbocycles. The van der Waals surface area contributed by atoms with Gasteiger partial charge in [-0.15, -0.1) is 0 Å². The largest absolute Gasteiger partial charge is 0.383 e. The van der Waals surface area contributed by atoms with Crippen LogP contribution in [0.3, 0.4) is 0 Å². The van der Waals surface area contributed by atoms with Crippen molar-refractivity contribution in [3.8, 4) is 0 Å². The summed E-state index contributed by atoms with van der Waals surface area (Å²) in [5, 5.41) is 7.85. The van der Waals surface area contributed by atoms with Gasteiger partial charge in [-0.1, -0.05) is 39.0 Å². The summed E-state index contributed by atoms with van der Waals surface area (Å²) < 4.78 is 7.63. The highest BCUT2D eigenvalue weighted by Gasteiger charge is 2.16. The predicted molar refractivity (Wildman–Crippen MR) is 83.1 cm³/mol. The molecule has 4 nitrogen and oxygen atoms in total. The van der Waals surface area contributed by atoms with Gasteiger partial charge in [-0.3, -0.25) is 4.68 Å². The summed E-state index contributed by atoms with van der Waals surface area (Å²) in [7, 11) is 0. The average Bonchev–Trinajstić information content (AvgIpc) is 3.10. The third kappa shape index (κ3) is 5.53. The summed E-state index contributed by atoms with van der Waals surface area (Å²) >= 11 is 0. The van der Waals surface area contributed by atoms with Gasteiger partial charge in [0.15, 0.2) is 0 Å². The van der Waals surface area contributed by atoms with Crippen molar-refractivity contribution in [3.05, 3.63) is 12.4 Å². The molecule has 0 bridgehead atoms. The van der Waals surface area contributed by atoms with Gasteiger partial charge < -0.3 is 10.1 Å². The number of nitrogens with one attached hydrogen (secondary N) is 1. The topological polar surface area (TPSA) is 39.1 Å². The van der Waals surface area contributed by atoms with Gasteiger partial charge in [0, 0.05) is 19.3 Å². The molecule has 114 valence electrons. The lowest BCUT2D eigenvalue weighted by molar-refractivity contribution is 0.0940. The van der Waals surface area contributed by atoms with Crippen LogP contribution in [-0.4, -0.2) is 29.0 Å². The molecule has 0 radical (unpaired) electrons. The molecule has 0 aromatic carbocycles. The second-order valence-corrected chi connectivity index (χ2v) is 5.78. The zero-order valence-corrected chi connectivity index (χ0v) is 12.8. The highest BCUT2D eigenvalue weighted by molar-refractivity contribution is 5.37. The summed E-state index contributed by atoms with van der Waals surface area (Å²) in [4.78, 5) is 0. The van der Waals surface area contributed by atoms with Crippen LogP contribution in [0.5, 0.6) is 0 Å². The minimum atomic E-state index is 0.362. The number of hydrogen-bond acceptors (Lipinski definition) is 3. The highest BCUT2D eigenvalue weighted by Crippen LogP contribution is 2.15. The number of nitrogens with zero attached hydrogens (tertiary/aromatic N) is 2. The fourth-order valence-electron chi connectivity index (χ4n) is 2.69. The van der Waals surface area contributed by atoms with Crippen LogP contribution in [0, 0.1) is 0 Å². The Hall–Kier alpha value is -1.03. The lowest BCUT2D eigenvalue weighted by atomic mass is 10.1. The molecule has 1 saturated heterocycles. The number of unbranched alkanes of at least 4 members (excludes halogenated alkanes) is 5. The molecular weight excluding hydrogens is 250 g/mol. The van der Waals surface area contributed by atoms with Gasteiger partial charge >= 0.3 is 0 Å². The third-order valence-corrected chi connectivity index (χ3v) is 3.91. The highest BCUT2D eigenvalue weighted by atomic mass is 16.5. The van der Waals surface area contributed by atoms with Gasteiger partial charge in [0.05, 0.1) is 24.5 Å². The van der Waals surface area contributed by atoms with Gasteiger partial charge in [0.1, 0.15) is 0 Å². The maximum atomic E-state index is 5.63. The van der Waals surface area contributed by atoms with E-state index in [2.05, 4.69) is 23.5 Å². The third-order valence-electron chi connectivity index (χ3n) is 3.91. The first-order valence-corrected chi connectivity index (χ1v) is 8.26. The van der Waals surface area contributed by atoms with E-state index in [9.17, 15) is 0 Å². The second kappa shape index (κ2) is 9.01. The van der Waals surface area contributed by atoms with E-state index in [-0.39, 0.29) is 0 Å². The van der Waals surface area contributed by atoms with Crippen LogP contribution in [0.25, 0.3) is 0 Å². The van der Waals surface area contributed by atoms with Gasteiger partial charge in [-0.05, 0) is 19.3 Å². The average molecular weight is 279 g/mol. The van der Waals surface area contributed by atoms with E-state index in [1.165, 1.54) is 51.4 Å². The molecule has 1 fully saturated rings. The molecule has 0 spiro atoms. The standard InChI is InChI=1S/C16H29N3O/c1-2-3-4-5-6-7-10-17-15-12-18-19(13-15)14-16-9-8-11-20-16/h12-13,16-17H,2-11,14H2,1H3. The molecule has 1 atom stereocenters. The Morgan fingerprint density at radius 2 is 2.15 bits per heavy atom. The molecule has 4 heteroatoms. The van der Waals surface area contributed by atoms with Gasteiger partial charge in [0.2, 0.25) is 0 Å². The van der Waals surface area contributed by atoms with Crippen molar-refractivity contribution >= 4 is 5.69 Å². The number of anilines is 1. The lowest BCUT2D eigenvalue weighted by Crippen LogP contribution is -2.15. The second-order valence-electron chi connectivity index (χ2n) is 5.78. The number of ether oxygens (including phenoxy) is 1. The molecule has 20 heavy (non-hydrogen) atoms. The lowest BCUT2D eigenvalue weighted by Gasteiger charge is -2.08. The maximum absolute atomic E-state index is 5.63. The van der Waals surface area contributed by atoms with Crippen LogP contribution in [0.1, 0.15) is 58.3 Å². The van der Waals surface area contributed by atoms with Crippen molar-refractivity contribution in [1.29, 1.82) is 0 Å². The first-order chi connectivity index (χ1) is 9.88. The molecule has 1 unspecified atom stereocenters. The predicted octanol–water partition coefficient (Wildman–Crippen LogP) is 3.83. The Morgan fingerprint density at radius 1 is 1.30 bits per heavy atom. The van der Waals surface area contributed by atoms with Crippen molar-refractivity contribution < 1.29 is 4.74 Å². The summed E-state index contributed by atoms with van der Waals surface area (Å²) in [5.41, 5.74) is 1.14. The van der Waals surface area contributed by atoms with Gasteiger partial charge in [-0.2, -0.15) is 5.10 Å². The molecule has 2 heterocycles. The first-order valence-electron chi connectivity index (χ1n) is 8.26. The van der Waals surface area contributed by atoms with Crippen molar-refractivity contribution in [2.45, 2.75) is 70.9 Å². The molecule has 1 aromatic heterocycles. The van der Waals surface area contributed by atoms with Crippen molar-refractivity contribution in [3.63, 3.8) is 0 Å². The molecule has 2 rings (SSSR count). The maximum Gasteiger partial charge on any atom is 0.0771 e. The van der Waals surface area contributed by atoms with E-state index in [1.807, 2.05) is 10.9 Å². The number of hydrogen-bond donors (Lipinski definition) is 1. The first kappa shape index (κ1) is 15.4. The molecule has 1 aromatic rings. The minimum Gasteiger partial charge on any atom is -0.383 e. The van der Waals surface area contributed by atoms with Crippen LogP contribution < -0.4 is 5.32 Å². The monoisotopic (exact) mass is 279 g/mol. The van der Waals surface area contributed by atoms with Crippen molar-refractivity contribution in [2.24, 2.45) is 0 Å². The normalized spacial score (nSPS) is 18.6. The summed E-state index contributed by atoms with van der Waals surface area (Å²) in [6.07, 6.45) is 14.8. The van der Waals surface area contributed by atoms with E-state index in [0.29, 0.717) is 6.10 Å². The molecule has 0 amide bonds. The Balaban J connectivity index is 1.55. The van der Waals surface area contributed by atoms with Gasteiger partial charge in [0.25, 0.3) is 0 Å². The Bertz CT molecular complexity index is 358. The fourth-order valence-corrected chi connectivity index (χ4v) is 2.69. The van der Waals surface area contributed by atoms with Crippen molar-refractivity contribution in [2.75, 3.05) is 18.5 Å². The van der Waals surface area contributed by atoms with Crippen LogP contribution >= 0.6 is 0 Å². The molecule has 1 aliphatic heterocycles. The quantitative estimate of drug-likeness (QED) is 0.661. The summed E-state index contributed by atoms with van der Waals surface area (Å²) in [5.74, 6) is 0. The SMILES string of the molecule is CCCCCCCCNc1cnn(CC2CCCO2)c1. The molecule has 1 aliphatic rings. The van der Waals surface area contributed by atoms with E-state index in [1.54, 1.807) is 0 Å². The van der Waals surface area contributed by atoms with Gasteiger partial charge in [-0.25, -0.2) is 0 Å². The van der Waals surface area contributed by atoms with Crippen LogP contribution in [-0.2, 0) is 11.3 Å². The number of rotatable bonds is 10. The van der Waals surface area contributed by atoms with E-state index >= 15 is 0 Å². The van der Waals surface area contributed by atoms with E-state index in [0.717, 1.165) is 25.4 Å². The van der Waals surface area contributed by atoms with E-state index < -0.39 is 0 Å². The minimum absolute atomic E-state index is 0.362. The number of aromatic nitrogens is 2. The zero-order chi connectivity index (χ0) is 14.0. The smallest absolute Gasteiger partial charge is 0.0771 e. The Labute approximate surface area is 122 Å². The van der Waals surface area contributed by atoms with Crippen LogP contribution in [0.2, 0.25) is 0 Å². The van der Waals surface area contributed by atoms with Crippen LogP contribution in [0.4, 0.5) is 5.69 Å². The molecular formula is C16H29N3O. The Kier molecular flexibility index (Phi) is 6.92. The fraction of sp³-hybridized carbons (Fsp3) is 0.812. The van der Waals surface area contributed by atoms with Crippen LogP contribution in [0.15, 0.2) is 12.4 Å². The summed E-state index contributed by atoms with van der Waals surface area (Å²) in [6.45, 7) is 5.11. The molecule has 1 N–H and O–H groups in total. The molecule has 0 aliphatic carbocycles. The zero-order valence-electron chi connectivity index (χ0n) is 12.8.